The van der Waals surface area contributed by atoms with Gasteiger partial charge in [-0.1, -0.05) is 18.2 Å². The molecular formula is C16H18N4O. The Hall–Kier alpha value is -2.43. The summed E-state index contributed by atoms with van der Waals surface area (Å²) in [5.41, 5.74) is 3.76. The van der Waals surface area contributed by atoms with Crippen LogP contribution in [0.4, 0.5) is 5.69 Å². The summed E-state index contributed by atoms with van der Waals surface area (Å²) in [4.78, 5) is 24.1. The molecule has 1 amide bonds. The minimum Gasteiger partial charge on any atom is -0.346 e. The lowest BCUT2D eigenvalue weighted by molar-refractivity contribution is 0.0915. The van der Waals surface area contributed by atoms with Gasteiger partial charge in [0.05, 0.1) is 17.7 Å². The van der Waals surface area contributed by atoms with E-state index in [0.717, 1.165) is 17.0 Å². The molecule has 2 heterocycles. The molecule has 1 aromatic carbocycles. The molecule has 3 rings (SSSR count). The number of aromatic nitrogens is 2. The molecule has 5 nitrogen and oxygen atoms in total. The van der Waals surface area contributed by atoms with Crippen molar-refractivity contribution < 1.29 is 4.79 Å². The standard InChI is InChI=1S/C16H18N4O/c1-16(2,3)20-15(21)14-13(17-9-18-14)12-8-10-6-4-5-7-11(10)19-12/h4-7,9H,8H2,1-3H3,(H,17,18)(H,20,21). The number of nitrogens with one attached hydrogen (secondary N) is 2. The Morgan fingerprint density at radius 1 is 1.29 bits per heavy atom. The Bertz CT molecular complexity index is 722. The molecule has 2 aromatic rings. The van der Waals surface area contributed by atoms with Crippen LogP contribution in [0.2, 0.25) is 0 Å². The summed E-state index contributed by atoms with van der Waals surface area (Å²) in [7, 11) is 0. The number of fused-ring (bicyclic) bond motifs is 1. The first-order chi connectivity index (χ1) is 9.94. The quantitative estimate of drug-likeness (QED) is 0.889. The van der Waals surface area contributed by atoms with E-state index in [-0.39, 0.29) is 11.4 Å². The van der Waals surface area contributed by atoms with Gasteiger partial charge in [0.25, 0.3) is 5.91 Å². The van der Waals surface area contributed by atoms with Crippen molar-refractivity contribution in [1.82, 2.24) is 15.3 Å². The Labute approximate surface area is 123 Å². The number of carbonyl (C=O) groups is 1. The fourth-order valence-electron chi connectivity index (χ4n) is 2.36. The summed E-state index contributed by atoms with van der Waals surface area (Å²) in [6, 6.07) is 7.98. The lowest BCUT2D eigenvalue weighted by atomic mass is 10.1. The number of nitrogens with zero attached hydrogens (tertiary/aromatic N) is 2. The van der Waals surface area contributed by atoms with Crippen LogP contribution in [-0.2, 0) is 6.42 Å². The fraction of sp³-hybridized carbons (Fsp3) is 0.312. The third kappa shape index (κ3) is 2.72. The number of rotatable bonds is 2. The van der Waals surface area contributed by atoms with Crippen LogP contribution in [0, 0.1) is 0 Å². The van der Waals surface area contributed by atoms with Crippen molar-refractivity contribution in [2.45, 2.75) is 32.7 Å². The van der Waals surface area contributed by atoms with Crippen molar-refractivity contribution in [1.29, 1.82) is 0 Å². The van der Waals surface area contributed by atoms with E-state index in [2.05, 4.69) is 20.3 Å². The van der Waals surface area contributed by atoms with Gasteiger partial charge in [-0.15, -0.1) is 0 Å². The van der Waals surface area contributed by atoms with Gasteiger partial charge in [0.15, 0.2) is 0 Å². The summed E-state index contributed by atoms with van der Waals surface area (Å²) in [6.07, 6.45) is 2.25. The molecule has 0 radical (unpaired) electrons. The van der Waals surface area contributed by atoms with Crippen LogP contribution >= 0.6 is 0 Å². The van der Waals surface area contributed by atoms with Crippen LogP contribution in [0.5, 0.6) is 0 Å². The number of hydrogen-bond donors (Lipinski definition) is 2. The average molecular weight is 282 g/mol. The van der Waals surface area contributed by atoms with E-state index >= 15 is 0 Å². The number of para-hydroxylation sites is 1. The van der Waals surface area contributed by atoms with E-state index in [9.17, 15) is 4.79 Å². The molecule has 0 aliphatic carbocycles. The predicted octanol–water partition coefficient (Wildman–Crippen LogP) is 2.61. The summed E-state index contributed by atoms with van der Waals surface area (Å²) in [5, 5.41) is 2.94. The normalized spacial score (nSPS) is 13.8. The van der Waals surface area contributed by atoms with Crippen LogP contribution in [0.15, 0.2) is 35.6 Å². The van der Waals surface area contributed by atoms with Crippen LogP contribution < -0.4 is 5.32 Å². The highest BCUT2D eigenvalue weighted by atomic mass is 16.2. The van der Waals surface area contributed by atoms with E-state index in [1.807, 2.05) is 45.0 Å². The first kappa shape index (κ1) is 13.5. The molecule has 2 N–H and O–H groups in total. The van der Waals surface area contributed by atoms with Crippen molar-refractivity contribution >= 4 is 17.3 Å². The average Bonchev–Trinajstić information content (AvgIpc) is 3.02. The lowest BCUT2D eigenvalue weighted by Crippen LogP contribution is -2.41. The zero-order chi connectivity index (χ0) is 15.0. The van der Waals surface area contributed by atoms with Gasteiger partial charge in [-0.3, -0.25) is 9.79 Å². The molecule has 0 spiro atoms. The van der Waals surface area contributed by atoms with E-state index in [0.29, 0.717) is 17.8 Å². The van der Waals surface area contributed by atoms with Gasteiger partial charge in [0.1, 0.15) is 11.4 Å². The van der Waals surface area contributed by atoms with Crippen LogP contribution in [0.25, 0.3) is 0 Å². The summed E-state index contributed by atoms with van der Waals surface area (Å²) in [6.45, 7) is 5.84. The fourth-order valence-corrected chi connectivity index (χ4v) is 2.36. The summed E-state index contributed by atoms with van der Waals surface area (Å²) in [5.74, 6) is -0.159. The zero-order valence-corrected chi connectivity index (χ0v) is 12.4. The van der Waals surface area contributed by atoms with Crippen molar-refractivity contribution in [2.75, 3.05) is 0 Å². The van der Waals surface area contributed by atoms with E-state index < -0.39 is 0 Å². The van der Waals surface area contributed by atoms with Gasteiger partial charge in [0.2, 0.25) is 0 Å². The topological polar surface area (TPSA) is 70.1 Å². The number of hydrogen-bond acceptors (Lipinski definition) is 3. The number of H-pyrrole nitrogens is 1. The second-order valence-corrected chi connectivity index (χ2v) is 6.19. The first-order valence-corrected chi connectivity index (χ1v) is 6.96. The Morgan fingerprint density at radius 2 is 2.05 bits per heavy atom. The van der Waals surface area contributed by atoms with E-state index in [4.69, 9.17) is 0 Å². The molecule has 1 aliphatic rings. The van der Waals surface area contributed by atoms with Crippen molar-refractivity contribution in [3.05, 3.63) is 47.5 Å². The third-order valence-electron chi connectivity index (χ3n) is 3.23. The van der Waals surface area contributed by atoms with Crippen molar-refractivity contribution in [2.24, 2.45) is 4.99 Å². The van der Waals surface area contributed by atoms with E-state index in [1.54, 1.807) is 6.33 Å². The molecular weight excluding hydrogens is 264 g/mol. The third-order valence-corrected chi connectivity index (χ3v) is 3.23. The van der Waals surface area contributed by atoms with Gasteiger partial charge in [-0.25, -0.2) is 4.98 Å². The van der Waals surface area contributed by atoms with Gasteiger partial charge in [-0.2, -0.15) is 0 Å². The Balaban J connectivity index is 1.90. The Kier molecular flexibility index (Phi) is 3.12. The van der Waals surface area contributed by atoms with Crippen molar-refractivity contribution in [3.63, 3.8) is 0 Å². The van der Waals surface area contributed by atoms with Gasteiger partial charge >= 0.3 is 0 Å². The number of aliphatic imine (C=N–C) groups is 1. The molecule has 0 saturated carbocycles. The number of amides is 1. The number of imidazole rings is 1. The molecule has 0 unspecified atom stereocenters. The summed E-state index contributed by atoms with van der Waals surface area (Å²) >= 11 is 0. The monoisotopic (exact) mass is 282 g/mol. The minimum absolute atomic E-state index is 0.159. The molecule has 5 heteroatoms. The highest BCUT2D eigenvalue weighted by molar-refractivity contribution is 6.11. The molecule has 0 fully saturated rings. The molecule has 108 valence electrons. The largest absolute Gasteiger partial charge is 0.346 e. The first-order valence-electron chi connectivity index (χ1n) is 6.96. The molecule has 1 aliphatic heterocycles. The van der Waals surface area contributed by atoms with Crippen molar-refractivity contribution in [3.8, 4) is 0 Å². The van der Waals surface area contributed by atoms with Gasteiger partial charge in [0, 0.05) is 12.0 Å². The second-order valence-electron chi connectivity index (χ2n) is 6.19. The molecule has 1 aromatic heterocycles. The van der Waals surface area contributed by atoms with Gasteiger partial charge < -0.3 is 10.3 Å². The van der Waals surface area contributed by atoms with E-state index in [1.165, 1.54) is 0 Å². The molecule has 0 atom stereocenters. The molecule has 0 saturated heterocycles. The van der Waals surface area contributed by atoms with Crippen LogP contribution in [0.1, 0.15) is 42.5 Å². The SMILES string of the molecule is CC(C)(C)NC(=O)c1[nH]cnc1C1=Nc2ccccc2C1. The summed E-state index contributed by atoms with van der Waals surface area (Å²) < 4.78 is 0. The zero-order valence-electron chi connectivity index (χ0n) is 12.4. The molecule has 0 bridgehead atoms. The smallest absolute Gasteiger partial charge is 0.270 e. The second kappa shape index (κ2) is 4.84. The Morgan fingerprint density at radius 3 is 2.76 bits per heavy atom. The number of benzene rings is 1. The lowest BCUT2D eigenvalue weighted by Gasteiger charge is -2.20. The predicted molar refractivity (Wildman–Crippen MR) is 82.1 cm³/mol. The number of carbonyl (C=O) groups excluding carboxylic acids is 1. The minimum atomic E-state index is -0.292. The molecule has 21 heavy (non-hydrogen) atoms. The maximum atomic E-state index is 12.3. The van der Waals surface area contributed by atoms with Gasteiger partial charge in [-0.05, 0) is 32.4 Å². The highest BCUT2D eigenvalue weighted by Crippen LogP contribution is 2.28. The highest BCUT2D eigenvalue weighted by Gasteiger charge is 2.25. The maximum Gasteiger partial charge on any atom is 0.270 e. The van der Waals surface area contributed by atoms with Crippen LogP contribution in [-0.4, -0.2) is 27.1 Å². The maximum absolute atomic E-state index is 12.3. The van der Waals surface area contributed by atoms with Crippen LogP contribution in [0.3, 0.4) is 0 Å². The number of aromatic amines is 1.